The van der Waals surface area contributed by atoms with Crippen LogP contribution in [0.5, 0.6) is 0 Å². The van der Waals surface area contributed by atoms with Crippen LogP contribution in [0.3, 0.4) is 0 Å². The normalized spacial score (nSPS) is 11.9. The molecule has 8 heteroatoms. The molecule has 0 spiro atoms. The first-order chi connectivity index (χ1) is 29.4. The molecule has 11 aromatic rings. The highest BCUT2D eigenvalue weighted by Crippen LogP contribution is 2.44. The van der Waals surface area contributed by atoms with Gasteiger partial charge in [-0.25, -0.2) is 15.0 Å². The van der Waals surface area contributed by atoms with Crippen molar-refractivity contribution in [2.75, 3.05) is 0 Å². The highest BCUT2D eigenvalue weighted by Gasteiger charge is 2.31. The number of nitrogens with zero attached hydrogens (tertiary/aromatic N) is 5. The number of hydrogen-bond donors (Lipinski definition) is 0. The fourth-order valence-corrected chi connectivity index (χ4v) is 8.52. The van der Waals surface area contributed by atoms with Crippen LogP contribution in [-0.4, -0.2) is 24.1 Å². The summed E-state index contributed by atoms with van der Waals surface area (Å²) in [5, 5.41) is 4.17. The third-order valence-electron chi connectivity index (χ3n) is 11.2. The zero-order valence-electron chi connectivity index (χ0n) is 31.8. The van der Waals surface area contributed by atoms with E-state index >= 15 is 0 Å². The third-order valence-corrected chi connectivity index (χ3v) is 11.2. The molecule has 0 radical (unpaired) electrons. The average Bonchev–Trinajstić information content (AvgIpc) is 3.82. The molecule has 0 N–H and O–H groups in total. The number of hydrogen-bond acceptors (Lipinski definition) is 3. The second kappa shape index (κ2) is 13.9. The molecule has 60 heavy (non-hydrogen) atoms. The van der Waals surface area contributed by atoms with Gasteiger partial charge in [0, 0.05) is 49.5 Å². The van der Waals surface area contributed by atoms with Gasteiger partial charge in [-0.3, -0.25) is 0 Å². The minimum atomic E-state index is -4.55. The Morgan fingerprint density at radius 1 is 0.383 bits per heavy atom. The summed E-state index contributed by atoms with van der Waals surface area (Å²) in [6, 6.07) is 62.0. The van der Waals surface area contributed by atoms with Crippen LogP contribution in [0.1, 0.15) is 5.56 Å². The van der Waals surface area contributed by atoms with Gasteiger partial charge in [0.05, 0.1) is 33.3 Å². The van der Waals surface area contributed by atoms with Gasteiger partial charge in [0.25, 0.3) is 0 Å². The number of rotatable bonds is 6. The maximum absolute atomic E-state index is 14.5. The van der Waals surface area contributed by atoms with Crippen LogP contribution < -0.4 is 0 Å². The van der Waals surface area contributed by atoms with Crippen LogP contribution in [0.2, 0.25) is 0 Å². The van der Waals surface area contributed by atoms with Crippen molar-refractivity contribution in [2.24, 2.45) is 0 Å². The Hall–Kier alpha value is -7.84. The summed E-state index contributed by atoms with van der Waals surface area (Å²) in [4.78, 5) is 14.8. The fourth-order valence-electron chi connectivity index (χ4n) is 8.52. The lowest BCUT2D eigenvalue weighted by atomic mass is 9.98. The van der Waals surface area contributed by atoms with Gasteiger partial charge in [0.1, 0.15) is 0 Å². The van der Waals surface area contributed by atoms with E-state index in [1.807, 2.05) is 121 Å². The van der Waals surface area contributed by atoms with Crippen LogP contribution in [0.15, 0.2) is 194 Å². The van der Waals surface area contributed by atoms with Gasteiger partial charge in [0.2, 0.25) is 0 Å². The summed E-state index contributed by atoms with van der Waals surface area (Å²) in [5.41, 5.74) is 8.23. The van der Waals surface area contributed by atoms with E-state index in [0.29, 0.717) is 39.9 Å². The summed E-state index contributed by atoms with van der Waals surface area (Å²) in [6.45, 7) is 0. The first-order valence-corrected chi connectivity index (χ1v) is 19.6. The van der Waals surface area contributed by atoms with E-state index in [9.17, 15) is 13.2 Å². The van der Waals surface area contributed by atoms with Crippen molar-refractivity contribution in [1.29, 1.82) is 0 Å². The molecule has 0 aliphatic heterocycles. The molecular formula is C52H32F3N5. The maximum atomic E-state index is 14.5. The molecule has 8 aromatic carbocycles. The SMILES string of the molecule is FC(F)(F)c1cccc(-c2cc(-c3nc(-c4ccccc4)nc(-c4ccccc4)n3)ccc2-n2c3ccccc3c3ccc4c(c5ccccc5n4-c4ccccc4)c32)c1. The third kappa shape index (κ3) is 5.83. The summed E-state index contributed by atoms with van der Waals surface area (Å²) >= 11 is 0. The molecule has 3 aromatic heterocycles. The first kappa shape index (κ1) is 35.3. The average molecular weight is 784 g/mol. The van der Waals surface area contributed by atoms with E-state index in [-0.39, 0.29) is 0 Å². The van der Waals surface area contributed by atoms with Gasteiger partial charge in [-0.05, 0) is 66.2 Å². The smallest absolute Gasteiger partial charge is 0.309 e. The molecule has 0 saturated heterocycles. The molecule has 0 bridgehead atoms. The fraction of sp³-hybridized carbons (Fsp3) is 0.0192. The van der Waals surface area contributed by atoms with Gasteiger partial charge in [0.15, 0.2) is 17.5 Å². The van der Waals surface area contributed by atoms with Crippen molar-refractivity contribution in [3.8, 4) is 56.7 Å². The summed E-state index contributed by atoms with van der Waals surface area (Å²) in [6.07, 6.45) is -4.55. The summed E-state index contributed by atoms with van der Waals surface area (Å²) < 4.78 is 47.9. The minimum absolute atomic E-state index is 0.401. The lowest BCUT2D eigenvalue weighted by Crippen LogP contribution is -2.05. The second-order valence-corrected chi connectivity index (χ2v) is 14.7. The number of alkyl halides is 3. The lowest BCUT2D eigenvalue weighted by molar-refractivity contribution is -0.137. The topological polar surface area (TPSA) is 48.5 Å². The van der Waals surface area contributed by atoms with Gasteiger partial charge in [-0.1, -0.05) is 133 Å². The Morgan fingerprint density at radius 2 is 0.933 bits per heavy atom. The first-order valence-electron chi connectivity index (χ1n) is 19.6. The van der Waals surface area contributed by atoms with E-state index < -0.39 is 11.7 Å². The zero-order valence-corrected chi connectivity index (χ0v) is 31.8. The molecule has 11 rings (SSSR count). The molecular weight excluding hydrogens is 752 g/mol. The van der Waals surface area contributed by atoms with Crippen molar-refractivity contribution >= 4 is 43.6 Å². The highest BCUT2D eigenvalue weighted by molar-refractivity contribution is 6.26. The van der Waals surface area contributed by atoms with Crippen molar-refractivity contribution < 1.29 is 13.2 Å². The van der Waals surface area contributed by atoms with Gasteiger partial charge >= 0.3 is 6.18 Å². The van der Waals surface area contributed by atoms with Crippen LogP contribution in [0.25, 0.3) is 100 Å². The molecule has 0 aliphatic carbocycles. The number of para-hydroxylation sites is 3. The molecule has 0 atom stereocenters. The number of halogens is 3. The quantitative estimate of drug-likeness (QED) is 0.169. The zero-order chi connectivity index (χ0) is 40.4. The summed E-state index contributed by atoms with van der Waals surface area (Å²) in [5.74, 6) is 1.38. The van der Waals surface area contributed by atoms with Crippen LogP contribution >= 0.6 is 0 Å². The monoisotopic (exact) mass is 783 g/mol. The Morgan fingerprint density at radius 3 is 1.58 bits per heavy atom. The molecule has 0 aliphatic rings. The van der Waals surface area contributed by atoms with E-state index in [1.165, 1.54) is 12.1 Å². The van der Waals surface area contributed by atoms with Crippen LogP contribution in [0.4, 0.5) is 13.2 Å². The molecule has 3 heterocycles. The second-order valence-electron chi connectivity index (χ2n) is 14.7. The Balaban J connectivity index is 1.24. The Labute approximate surface area is 342 Å². The largest absolute Gasteiger partial charge is 0.416 e. The summed E-state index contributed by atoms with van der Waals surface area (Å²) in [7, 11) is 0. The Bertz CT molecular complexity index is 3350. The van der Waals surface area contributed by atoms with Gasteiger partial charge in [-0.15, -0.1) is 0 Å². The van der Waals surface area contributed by atoms with Crippen molar-refractivity contribution in [2.45, 2.75) is 6.18 Å². The molecule has 5 nitrogen and oxygen atoms in total. The predicted octanol–water partition coefficient (Wildman–Crippen LogP) is 13.8. The number of aromatic nitrogens is 5. The Kier molecular flexibility index (Phi) is 8.20. The molecule has 0 amide bonds. The van der Waals surface area contributed by atoms with Crippen molar-refractivity contribution in [3.63, 3.8) is 0 Å². The number of fused-ring (bicyclic) bond motifs is 7. The van der Waals surface area contributed by atoms with Crippen molar-refractivity contribution in [3.05, 3.63) is 200 Å². The highest BCUT2D eigenvalue weighted by atomic mass is 19.4. The van der Waals surface area contributed by atoms with E-state index in [0.717, 1.165) is 66.5 Å². The lowest BCUT2D eigenvalue weighted by Gasteiger charge is -2.17. The van der Waals surface area contributed by atoms with Gasteiger partial charge < -0.3 is 9.13 Å². The molecule has 286 valence electrons. The van der Waals surface area contributed by atoms with Crippen molar-refractivity contribution in [1.82, 2.24) is 24.1 Å². The van der Waals surface area contributed by atoms with E-state index in [1.54, 1.807) is 6.07 Å². The van der Waals surface area contributed by atoms with Gasteiger partial charge in [-0.2, -0.15) is 13.2 Å². The number of benzene rings is 8. The van der Waals surface area contributed by atoms with E-state index in [4.69, 9.17) is 15.0 Å². The standard InChI is InChI=1S/C52H32F3N5/c53-52(54,55)37-20-14-19-35(31-37)42-32-36(51-57-49(33-15-4-1-5-16-33)56-50(58-51)34-17-6-2-7-18-34)27-29-45(42)60-43-25-12-10-23-39(43)40-28-30-46-47(48(40)60)41-24-11-13-26-44(41)59(46)38-21-8-3-9-22-38/h1-32H. The molecule has 0 saturated carbocycles. The van der Waals surface area contributed by atoms with Crippen LogP contribution in [0, 0.1) is 0 Å². The maximum Gasteiger partial charge on any atom is 0.416 e. The van der Waals surface area contributed by atoms with E-state index in [2.05, 4.69) is 57.7 Å². The van der Waals surface area contributed by atoms with Crippen LogP contribution in [-0.2, 0) is 6.18 Å². The molecule has 0 fully saturated rings. The molecule has 0 unspecified atom stereocenters. The predicted molar refractivity (Wildman–Crippen MR) is 235 cm³/mol. The minimum Gasteiger partial charge on any atom is -0.309 e.